The summed E-state index contributed by atoms with van der Waals surface area (Å²) in [5.41, 5.74) is 2.60. The van der Waals surface area contributed by atoms with Gasteiger partial charge in [0.15, 0.2) is 0 Å². The van der Waals surface area contributed by atoms with Gasteiger partial charge in [0.2, 0.25) is 10.6 Å². The first-order valence-corrected chi connectivity index (χ1v) is 7.33. The first kappa shape index (κ1) is 13.9. The van der Waals surface area contributed by atoms with Crippen molar-refractivity contribution in [2.75, 3.05) is 0 Å². The minimum absolute atomic E-state index is 0.416. The maximum absolute atomic E-state index is 5.20. The number of aryl methyl sites for hydroxylation is 1. The van der Waals surface area contributed by atoms with Crippen molar-refractivity contribution in [2.24, 2.45) is 5.10 Å². The molecule has 0 fully saturated rings. The van der Waals surface area contributed by atoms with Crippen LogP contribution in [-0.4, -0.2) is 31.3 Å². The van der Waals surface area contributed by atoms with Crippen LogP contribution in [0, 0.1) is 11.7 Å². The molecule has 2 heterocycles. The minimum atomic E-state index is 0.416. The van der Waals surface area contributed by atoms with Gasteiger partial charge in [0.25, 0.3) is 0 Å². The fourth-order valence-corrected chi connectivity index (χ4v) is 2.21. The van der Waals surface area contributed by atoms with Crippen molar-refractivity contribution in [1.29, 1.82) is 0 Å². The van der Waals surface area contributed by atoms with Crippen LogP contribution < -0.4 is 0 Å². The summed E-state index contributed by atoms with van der Waals surface area (Å²) in [6.45, 7) is 1.92. The fraction of sp³-hybridized carbons (Fsp3) is 0.0769. The molecule has 0 aliphatic carbocycles. The van der Waals surface area contributed by atoms with Crippen molar-refractivity contribution in [3.63, 3.8) is 0 Å². The fourth-order valence-electron chi connectivity index (χ4n) is 1.77. The van der Waals surface area contributed by atoms with Gasteiger partial charge in [-0.3, -0.25) is 5.10 Å². The first-order chi connectivity index (χ1) is 10.1. The summed E-state index contributed by atoms with van der Waals surface area (Å²) < 4.78 is 2.98. The Bertz CT molecular complexity index is 842. The van der Waals surface area contributed by atoms with Crippen LogP contribution in [0.1, 0.15) is 11.3 Å². The Morgan fingerprint density at radius 2 is 2.00 bits per heavy atom. The smallest absolute Gasteiger partial charge is 0.216 e. The molecular weight excluding hydrogens is 352 g/mol. The number of rotatable bonds is 3. The van der Waals surface area contributed by atoms with Crippen LogP contribution >= 0.6 is 28.1 Å². The van der Waals surface area contributed by atoms with E-state index >= 15 is 0 Å². The predicted octanol–water partition coefficient (Wildman–Crippen LogP) is 3.28. The van der Waals surface area contributed by atoms with Gasteiger partial charge in [0.05, 0.1) is 6.21 Å². The van der Waals surface area contributed by atoms with Gasteiger partial charge in [0, 0.05) is 10.2 Å². The molecule has 2 N–H and O–H groups in total. The van der Waals surface area contributed by atoms with E-state index in [0.29, 0.717) is 16.3 Å². The predicted molar refractivity (Wildman–Crippen MR) is 86.9 cm³/mol. The summed E-state index contributed by atoms with van der Waals surface area (Å²) in [6.07, 6.45) is 1.72. The number of halogens is 1. The maximum Gasteiger partial charge on any atom is 0.216 e. The first-order valence-electron chi connectivity index (χ1n) is 6.13. The zero-order valence-corrected chi connectivity index (χ0v) is 13.4. The lowest BCUT2D eigenvalue weighted by Gasteiger charge is -1.97. The van der Waals surface area contributed by atoms with Gasteiger partial charge in [-0.05, 0) is 42.9 Å². The van der Waals surface area contributed by atoms with E-state index in [1.165, 1.54) is 0 Å². The number of hydrogen-bond donors (Lipinski definition) is 2. The zero-order chi connectivity index (χ0) is 14.8. The van der Waals surface area contributed by atoms with Gasteiger partial charge in [0.1, 0.15) is 5.69 Å². The molecule has 2 aromatic heterocycles. The summed E-state index contributed by atoms with van der Waals surface area (Å²) in [4.78, 5) is 0. The Hall–Kier alpha value is -2.06. The van der Waals surface area contributed by atoms with Crippen molar-refractivity contribution in [3.05, 3.63) is 50.8 Å². The molecule has 0 amide bonds. The number of hydrogen-bond acceptors (Lipinski definition) is 4. The lowest BCUT2D eigenvalue weighted by atomic mass is 10.2. The largest absolute Gasteiger partial charge is 0.282 e. The maximum atomic E-state index is 5.20. The summed E-state index contributed by atoms with van der Waals surface area (Å²) in [6, 6.07) is 9.70. The molecule has 6 nitrogen and oxygen atoms in total. The third-order valence-corrected chi connectivity index (χ3v) is 3.57. The Balaban J connectivity index is 1.97. The highest BCUT2D eigenvalue weighted by atomic mass is 79.9. The molecule has 0 unspecified atom stereocenters. The second kappa shape index (κ2) is 5.74. The number of aromatic amines is 2. The highest BCUT2D eigenvalue weighted by molar-refractivity contribution is 9.10. The lowest BCUT2D eigenvalue weighted by Crippen LogP contribution is -1.95. The van der Waals surface area contributed by atoms with E-state index in [4.69, 9.17) is 12.2 Å². The van der Waals surface area contributed by atoms with Gasteiger partial charge in [-0.25, -0.2) is 5.10 Å². The van der Waals surface area contributed by atoms with Crippen LogP contribution in [0.3, 0.4) is 0 Å². The number of nitrogens with one attached hydrogen (secondary N) is 2. The highest BCUT2D eigenvalue weighted by Crippen LogP contribution is 2.15. The number of benzene rings is 1. The van der Waals surface area contributed by atoms with Crippen molar-refractivity contribution in [3.8, 4) is 11.5 Å². The summed E-state index contributed by atoms with van der Waals surface area (Å²) in [7, 11) is 0. The van der Waals surface area contributed by atoms with E-state index in [9.17, 15) is 0 Å². The van der Waals surface area contributed by atoms with Crippen LogP contribution in [0.25, 0.3) is 11.5 Å². The second-order valence-electron chi connectivity index (χ2n) is 4.40. The molecular formula is C13H11BrN6S. The Labute approximate surface area is 134 Å². The molecule has 106 valence electrons. The standard InChI is InChI=1S/C13H11BrN6S/c1-8-6-11(17-16-8)12-18-19-13(21)20(12)15-7-9-2-4-10(14)5-3-9/h2-7H,1H3,(H,16,17)(H,19,21)/b15-7-. The van der Waals surface area contributed by atoms with Gasteiger partial charge >= 0.3 is 0 Å². The lowest BCUT2D eigenvalue weighted by molar-refractivity contribution is 0.865. The average Bonchev–Trinajstić information content (AvgIpc) is 3.05. The molecule has 0 aliphatic heterocycles. The average molecular weight is 363 g/mol. The van der Waals surface area contributed by atoms with Gasteiger partial charge in [-0.2, -0.15) is 20.0 Å². The molecule has 3 rings (SSSR count). The van der Waals surface area contributed by atoms with Crippen LogP contribution in [0.15, 0.2) is 39.9 Å². The van der Waals surface area contributed by atoms with Gasteiger partial charge in [-0.15, -0.1) is 0 Å². The van der Waals surface area contributed by atoms with Crippen LogP contribution in [0.2, 0.25) is 0 Å². The van der Waals surface area contributed by atoms with E-state index < -0.39 is 0 Å². The topological polar surface area (TPSA) is 74.7 Å². The van der Waals surface area contributed by atoms with Crippen molar-refractivity contribution in [2.45, 2.75) is 6.92 Å². The monoisotopic (exact) mass is 362 g/mol. The molecule has 0 spiro atoms. The molecule has 0 atom stereocenters. The Morgan fingerprint density at radius 3 is 2.67 bits per heavy atom. The molecule has 0 bridgehead atoms. The number of aromatic nitrogens is 5. The summed E-state index contributed by atoms with van der Waals surface area (Å²) in [5, 5.41) is 18.3. The second-order valence-corrected chi connectivity index (χ2v) is 5.70. The normalized spacial score (nSPS) is 11.3. The number of nitrogens with zero attached hydrogens (tertiary/aromatic N) is 4. The summed E-state index contributed by atoms with van der Waals surface area (Å²) in [5.74, 6) is 0.567. The van der Waals surface area contributed by atoms with Gasteiger partial charge < -0.3 is 0 Å². The van der Waals surface area contributed by atoms with Crippen LogP contribution in [0.4, 0.5) is 0 Å². The quantitative estimate of drug-likeness (QED) is 0.554. The molecule has 0 radical (unpaired) electrons. The van der Waals surface area contributed by atoms with Crippen molar-refractivity contribution in [1.82, 2.24) is 25.1 Å². The summed E-state index contributed by atoms with van der Waals surface area (Å²) >= 11 is 8.60. The van der Waals surface area contributed by atoms with E-state index in [1.54, 1.807) is 10.9 Å². The SMILES string of the molecule is Cc1cc(-c2n[nH]c(=S)n2/N=C\c2ccc(Br)cc2)n[nH]1. The third-order valence-electron chi connectivity index (χ3n) is 2.78. The molecule has 0 saturated carbocycles. The van der Waals surface area contributed by atoms with Crippen LogP contribution in [-0.2, 0) is 0 Å². The molecule has 8 heteroatoms. The Kier molecular flexibility index (Phi) is 3.80. The van der Waals surface area contributed by atoms with Crippen molar-refractivity contribution >= 4 is 34.4 Å². The molecule has 21 heavy (non-hydrogen) atoms. The van der Waals surface area contributed by atoms with E-state index in [2.05, 4.69) is 41.4 Å². The highest BCUT2D eigenvalue weighted by Gasteiger charge is 2.10. The molecule has 1 aromatic carbocycles. The van der Waals surface area contributed by atoms with E-state index in [1.807, 2.05) is 37.3 Å². The molecule has 0 saturated heterocycles. The number of H-pyrrole nitrogens is 2. The Morgan fingerprint density at radius 1 is 1.24 bits per heavy atom. The van der Waals surface area contributed by atoms with E-state index in [-0.39, 0.29) is 0 Å². The molecule has 0 aliphatic rings. The zero-order valence-electron chi connectivity index (χ0n) is 11.0. The van der Waals surface area contributed by atoms with Gasteiger partial charge in [-0.1, -0.05) is 28.1 Å². The van der Waals surface area contributed by atoms with Crippen molar-refractivity contribution < 1.29 is 0 Å². The molecule has 3 aromatic rings. The van der Waals surface area contributed by atoms with E-state index in [0.717, 1.165) is 15.7 Å². The van der Waals surface area contributed by atoms with Crippen LogP contribution in [0.5, 0.6) is 0 Å². The third kappa shape index (κ3) is 3.01. The minimum Gasteiger partial charge on any atom is -0.282 e.